The number of aromatic nitrogens is 4. The van der Waals surface area contributed by atoms with Crippen molar-refractivity contribution in [3.05, 3.63) is 71.4 Å². The van der Waals surface area contributed by atoms with Gasteiger partial charge in [0, 0.05) is 11.7 Å². The standard InChI is InChI=1S/C21H22N6O3S/c28-21(22-17-8-4-5-9-17)20-23-26-27(24-20)19-12-10-18(11-13-19)25-31(29,30)15-14-16-6-2-1-3-7-16/h1-3,6-7,10-15,17,25H,4-5,8-9H2,(H,22,28). The third kappa shape index (κ3) is 5.54. The van der Waals surface area contributed by atoms with Crippen LogP contribution < -0.4 is 10.0 Å². The minimum absolute atomic E-state index is 0.00253. The second-order valence-corrected chi connectivity index (χ2v) is 8.83. The van der Waals surface area contributed by atoms with E-state index in [-0.39, 0.29) is 17.8 Å². The highest BCUT2D eigenvalue weighted by Crippen LogP contribution is 2.18. The summed E-state index contributed by atoms with van der Waals surface area (Å²) >= 11 is 0. The van der Waals surface area contributed by atoms with Crippen LogP contribution in [-0.4, -0.2) is 40.6 Å². The lowest BCUT2D eigenvalue weighted by Crippen LogP contribution is -2.33. The van der Waals surface area contributed by atoms with Crippen LogP contribution in [0.15, 0.2) is 60.0 Å². The van der Waals surface area contributed by atoms with Crippen molar-refractivity contribution in [3.63, 3.8) is 0 Å². The van der Waals surface area contributed by atoms with Gasteiger partial charge < -0.3 is 5.32 Å². The van der Waals surface area contributed by atoms with Crippen molar-refractivity contribution in [3.8, 4) is 5.69 Å². The number of nitrogens with zero attached hydrogens (tertiary/aromatic N) is 4. The SMILES string of the molecule is O=C(NC1CCCC1)c1nnn(-c2ccc(NS(=O)(=O)C=Cc3ccccc3)cc2)n1. The molecule has 0 saturated heterocycles. The highest BCUT2D eigenvalue weighted by molar-refractivity contribution is 7.95. The molecule has 31 heavy (non-hydrogen) atoms. The Bertz CT molecular complexity index is 1170. The number of hydrogen-bond acceptors (Lipinski definition) is 6. The molecule has 0 atom stereocenters. The molecule has 2 N–H and O–H groups in total. The number of tetrazole rings is 1. The smallest absolute Gasteiger partial charge is 0.293 e. The summed E-state index contributed by atoms with van der Waals surface area (Å²) in [5.74, 6) is -0.338. The van der Waals surface area contributed by atoms with Gasteiger partial charge in [0.05, 0.1) is 11.1 Å². The molecule has 1 fully saturated rings. The molecular formula is C21H22N6O3S. The van der Waals surface area contributed by atoms with E-state index in [4.69, 9.17) is 0 Å². The number of sulfonamides is 1. The monoisotopic (exact) mass is 438 g/mol. The minimum atomic E-state index is -3.66. The van der Waals surface area contributed by atoms with E-state index in [9.17, 15) is 13.2 Å². The van der Waals surface area contributed by atoms with Crippen LogP contribution in [0.5, 0.6) is 0 Å². The van der Waals surface area contributed by atoms with E-state index >= 15 is 0 Å². The molecule has 1 aromatic heterocycles. The van der Waals surface area contributed by atoms with Gasteiger partial charge in [-0.05, 0) is 54.0 Å². The zero-order chi connectivity index (χ0) is 21.7. The van der Waals surface area contributed by atoms with E-state index < -0.39 is 10.0 Å². The third-order valence-corrected chi connectivity index (χ3v) is 5.92. The molecule has 9 nitrogen and oxygen atoms in total. The van der Waals surface area contributed by atoms with Crippen molar-refractivity contribution in [2.75, 3.05) is 4.72 Å². The van der Waals surface area contributed by atoms with Gasteiger partial charge in [-0.15, -0.1) is 15.0 Å². The average Bonchev–Trinajstić information content (AvgIpc) is 3.46. The first-order valence-corrected chi connectivity index (χ1v) is 11.5. The molecule has 1 saturated carbocycles. The van der Waals surface area contributed by atoms with Crippen molar-refractivity contribution in [1.29, 1.82) is 0 Å². The summed E-state index contributed by atoms with van der Waals surface area (Å²) in [7, 11) is -3.66. The largest absolute Gasteiger partial charge is 0.346 e. The number of nitrogens with one attached hydrogen (secondary N) is 2. The van der Waals surface area contributed by atoms with Crippen molar-refractivity contribution in [2.45, 2.75) is 31.7 Å². The quantitative estimate of drug-likeness (QED) is 0.585. The van der Waals surface area contributed by atoms with Crippen LogP contribution in [0.3, 0.4) is 0 Å². The van der Waals surface area contributed by atoms with Crippen LogP contribution in [0, 0.1) is 0 Å². The Balaban J connectivity index is 1.39. The fraction of sp³-hybridized carbons (Fsp3) is 0.238. The van der Waals surface area contributed by atoms with Gasteiger partial charge in [0.1, 0.15) is 0 Å². The molecule has 0 aliphatic heterocycles. The van der Waals surface area contributed by atoms with Crippen LogP contribution in [0.25, 0.3) is 11.8 Å². The van der Waals surface area contributed by atoms with Gasteiger partial charge in [0.15, 0.2) is 0 Å². The Hall–Kier alpha value is -3.53. The van der Waals surface area contributed by atoms with Crippen LogP contribution >= 0.6 is 0 Å². The summed E-state index contributed by atoms with van der Waals surface area (Å²) in [6.07, 6.45) is 5.69. The summed E-state index contributed by atoms with van der Waals surface area (Å²) in [5.41, 5.74) is 1.73. The molecule has 160 valence electrons. The molecule has 3 aromatic rings. The maximum absolute atomic E-state index is 12.3. The van der Waals surface area contributed by atoms with Crippen molar-refractivity contribution < 1.29 is 13.2 Å². The second kappa shape index (κ2) is 9.09. The fourth-order valence-corrected chi connectivity index (χ4v) is 4.20. The number of benzene rings is 2. The lowest BCUT2D eigenvalue weighted by atomic mass is 10.2. The second-order valence-electron chi connectivity index (χ2n) is 7.26. The maximum Gasteiger partial charge on any atom is 0.293 e. The van der Waals surface area contributed by atoms with Crippen LogP contribution in [-0.2, 0) is 10.0 Å². The van der Waals surface area contributed by atoms with Gasteiger partial charge >= 0.3 is 0 Å². The number of carbonyl (C=O) groups excluding carboxylic acids is 1. The summed E-state index contributed by atoms with van der Waals surface area (Å²) in [6.45, 7) is 0. The van der Waals surface area contributed by atoms with Gasteiger partial charge in [-0.2, -0.15) is 0 Å². The van der Waals surface area contributed by atoms with E-state index in [1.807, 2.05) is 30.3 Å². The van der Waals surface area contributed by atoms with Gasteiger partial charge in [-0.3, -0.25) is 9.52 Å². The van der Waals surface area contributed by atoms with E-state index in [0.717, 1.165) is 36.7 Å². The predicted molar refractivity (Wildman–Crippen MR) is 117 cm³/mol. The first-order valence-electron chi connectivity index (χ1n) is 9.96. The van der Waals surface area contributed by atoms with E-state index in [2.05, 4.69) is 25.4 Å². The third-order valence-electron chi connectivity index (χ3n) is 4.90. The van der Waals surface area contributed by atoms with Crippen molar-refractivity contribution >= 4 is 27.7 Å². The highest BCUT2D eigenvalue weighted by Gasteiger charge is 2.21. The molecule has 1 amide bonds. The molecule has 1 heterocycles. The molecule has 0 unspecified atom stereocenters. The molecule has 1 aliphatic carbocycles. The predicted octanol–water partition coefficient (Wildman–Crippen LogP) is 2.75. The van der Waals surface area contributed by atoms with Gasteiger partial charge in [0.25, 0.3) is 21.8 Å². The van der Waals surface area contributed by atoms with Crippen molar-refractivity contribution in [2.24, 2.45) is 0 Å². The molecule has 0 bridgehead atoms. The lowest BCUT2D eigenvalue weighted by molar-refractivity contribution is 0.0927. The molecule has 2 aromatic carbocycles. The first-order chi connectivity index (χ1) is 15.0. The molecule has 10 heteroatoms. The number of rotatable bonds is 7. The van der Waals surface area contributed by atoms with Gasteiger partial charge in [-0.25, -0.2) is 8.42 Å². The molecule has 0 radical (unpaired) electrons. The van der Waals surface area contributed by atoms with Crippen molar-refractivity contribution in [1.82, 2.24) is 25.5 Å². The Labute approximate surface area is 180 Å². The van der Waals surface area contributed by atoms with Gasteiger partial charge in [0.2, 0.25) is 0 Å². The topological polar surface area (TPSA) is 119 Å². The Morgan fingerprint density at radius 1 is 1.03 bits per heavy atom. The minimum Gasteiger partial charge on any atom is -0.346 e. The van der Waals surface area contributed by atoms with E-state index in [1.165, 1.54) is 10.9 Å². The summed E-state index contributed by atoms with van der Waals surface area (Å²) in [6, 6.07) is 15.8. The Kier molecular flexibility index (Phi) is 6.08. The lowest BCUT2D eigenvalue weighted by Gasteiger charge is -2.08. The number of carbonyl (C=O) groups is 1. The Morgan fingerprint density at radius 3 is 2.45 bits per heavy atom. The first kappa shape index (κ1) is 20.7. The fourth-order valence-electron chi connectivity index (χ4n) is 3.33. The zero-order valence-corrected chi connectivity index (χ0v) is 17.5. The zero-order valence-electron chi connectivity index (χ0n) is 16.7. The number of hydrogen-bond donors (Lipinski definition) is 2. The number of anilines is 1. The summed E-state index contributed by atoms with van der Waals surface area (Å²) in [4.78, 5) is 13.5. The van der Waals surface area contributed by atoms with Gasteiger partial charge in [-0.1, -0.05) is 43.2 Å². The molecule has 4 rings (SSSR count). The maximum atomic E-state index is 12.3. The van der Waals surface area contributed by atoms with E-state index in [0.29, 0.717) is 11.4 Å². The average molecular weight is 439 g/mol. The van der Waals surface area contributed by atoms with Crippen LogP contribution in [0.4, 0.5) is 5.69 Å². The summed E-state index contributed by atoms with van der Waals surface area (Å²) < 4.78 is 27.0. The van der Waals surface area contributed by atoms with Crippen LogP contribution in [0.1, 0.15) is 41.9 Å². The summed E-state index contributed by atoms with van der Waals surface area (Å²) in [5, 5.41) is 15.9. The molecule has 1 aliphatic rings. The normalized spacial score (nSPS) is 14.7. The van der Waals surface area contributed by atoms with E-state index in [1.54, 1.807) is 24.3 Å². The highest BCUT2D eigenvalue weighted by atomic mass is 32.2. The molecule has 0 spiro atoms. The van der Waals surface area contributed by atoms with Crippen LogP contribution in [0.2, 0.25) is 0 Å². The molecular weight excluding hydrogens is 416 g/mol. The Morgan fingerprint density at radius 2 is 1.74 bits per heavy atom. The number of amides is 1.